The number of carbonyl (C=O) groups is 2. The Morgan fingerprint density at radius 3 is 2.23 bits per heavy atom. The van der Waals surface area contributed by atoms with Crippen LogP contribution in [-0.2, 0) is 26.2 Å². The van der Waals surface area contributed by atoms with Crippen LogP contribution in [-0.4, -0.2) is 43.2 Å². The molecular formula is C27H29N3O4S. The maximum atomic E-state index is 13.7. The van der Waals surface area contributed by atoms with Gasteiger partial charge in [-0.25, -0.2) is 8.42 Å². The van der Waals surface area contributed by atoms with E-state index in [4.69, 9.17) is 0 Å². The van der Waals surface area contributed by atoms with Crippen molar-refractivity contribution < 1.29 is 18.0 Å². The van der Waals surface area contributed by atoms with Crippen LogP contribution in [0.2, 0.25) is 0 Å². The average Bonchev–Trinajstić information content (AvgIpc) is 2.85. The maximum Gasteiger partial charge on any atom is 0.247 e. The summed E-state index contributed by atoms with van der Waals surface area (Å²) >= 11 is 0. The predicted molar refractivity (Wildman–Crippen MR) is 135 cm³/mol. The smallest absolute Gasteiger partial charge is 0.247 e. The lowest BCUT2D eigenvalue weighted by Crippen LogP contribution is -2.70. The van der Waals surface area contributed by atoms with Gasteiger partial charge in [0, 0.05) is 18.8 Å². The number of anilines is 1. The topological polar surface area (TPSA) is 86.8 Å². The number of carbonyl (C=O) groups excluding carboxylic acids is 2. The number of aryl methyl sites for hydroxylation is 1. The number of hydrogen-bond acceptors (Lipinski definition) is 4. The van der Waals surface area contributed by atoms with Crippen molar-refractivity contribution in [1.82, 2.24) is 9.62 Å². The number of amides is 2. The lowest BCUT2D eigenvalue weighted by molar-refractivity contribution is -0.133. The first-order valence-electron chi connectivity index (χ1n) is 11.4. The lowest BCUT2D eigenvalue weighted by Gasteiger charge is -2.47. The molecule has 0 saturated carbocycles. The second kappa shape index (κ2) is 9.64. The lowest BCUT2D eigenvalue weighted by atomic mass is 9.93. The van der Waals surface area contributed by atoms with Crippen molar-refractivity contribution in [3.05, 3.63) is 95.6 Å². The molecule has 1 fully saturated rings. The summed E-state index contributed by atoms with van der Waals surface area (Å²) in [5.41, 5.74) is 1.87. The number of rotatable bonds is 6. The fraction of sp³-hybridized carbons (Fsp3) is 0.259. The largest absolute Gasteiger partial charge is 0.350 e. The molecule has 2 amide bonds. The second-order valence-corrected chi connectivity index (χ2v) is 10.9. The summed E-state index contributed by atoms with van der Waals surface area (Å²) in [5, 5.41) is 2.92. The molecule has 1 heterocycles. The van der Waals surface area contributed by atoms with Crippen LogP contribution in [0.1, 0.15) is 23.6 Å². The molecule has 0 unspecified atom stereocenters. The molecule has 182 valence electrons. The Kier molecular flexibility index (Phi) is 6.78. The Balaban J connectivity index is 1.74. The van der Waals surface area contributed by atoms with Crippen molar-refractivity contribution in [2.45, 2.75) is 37.8 Å². The normalized spacial score (nSPS) is 18.9. The van der Waals surface area contributed by atoms with Crippen molar-refractivity contribution in [3.63, 3.8) is 0 Å². The van der Waals surface area contributed by atoms with E-state index >= 15 is 0 Å². The van der Waals surface area contributed by atoms with Crippen molar-refractivity contribution in [1.29, 1.82) is 0 Å². The van der Waals surface area contributed by atoms with Crippen LogP contribution in [0.15, 0.2) is 83.8 Å². The number of piperazine rings is 1. The predicted octanol–water partition coefficient (Wildman–Crippen LogP) is 3.42. The highest BCUT2D eigenvalue weighted by Crippen LogP contribution is 2.35. The monoisotopic (exact) mass is 491 g/mol. The van der Waals surface area contributed by atoms with E-state index in [9.17, 15) is 18.0 Å². The maximum absolute atomic E-state index is 13.7. The van der Waals surface area contributed by atoms with Gasteiger partial charge in [-0.1, -0.05) is 60.7 Å². The van der Waals surface area contributed by atoms with Gasteiger partial charge in [0.15, 0.2) is 0 Å². The Labute approximate surface area is 206 Å². The third-order valence-corrected chi connectivity index (χ3v) is 8.33. The molecule has 1 aliphatic rings. The third-order valence-electron chi connectivity index (χ3n) is 6.52. The van der Waals surface area contributed by atoms with Gasteiger partial charge < -0.3 is 5.32 Å². The molecule has 0 bridgehead atoms. The zero-order valence-electron chi connectivity index (χ0n) is 20.1. The van der Waals surface area contributed by atoms with Crippen LogP contribution < -0.4 is 10.2 Å². The molecule has 1 N–H and O–H groups in total. The quantitative estimate of drug-likeness (QED) is 0.573. The molecule has 3 aromatic carbocycles. The molecular weight excluding hydrogens is 462 g/mol. The molecule has 4 rings (SSSR count). The average molecular weight is 492 g/mol. The molecule has 0 radical (unpaired) electrons. The van der Waals surface area contributed by atoms with Crippen molar-refractivity contribution in [3.8, 4) is 0 Å². The van der Waals surface area contributed by atoms with Crippen LogP contribution in [0, 0.1) is 13.8 Å². The number of nitrogens with zero attached hydrogens (tertiary/aromatic N) is 2. The van der Waals surface area contributed by atoms with Gasteiger partial charge >= 0.3 is 0 Å². The van der Waals surface area contributed by atoms with Gasteiger partial charge in [0.25, 0.3) is 0 Å². The summed E-state index contributed by atoms with van der Waals surface area (Å²) < 4.78 is 27.9. The highest BCUT2D eigenvalue weighted by molar-refractivity contribution is 7.89. The fourth-order valence-corrected chi connectivity index (χ4v) is 5.90. The van der Waals surface area contributed by atoms with E-state index in [1.165, 1.54) is 17.0 Å². The van der Waals surface area contributed by atoms with E-state index in [-0.39, 0.29) is 24.5 Å². The summed E-state index contributed by atoms with van der Waals surface area (Å²) in [7, 11) is -3.98. The van der Waals surface area contributed by atoms with E-state index in [2.05, 4.69) is 5.32 Å². The van der Waals surface area contributed by atoms with E-state index < -0.39 is 27.4 Å². The first kappa shape index (κ1) is 24.6. The summed E-state index contributed by atoms with van der Waals surface area (Å²) in [4.78, 5) is 28.8. The fourth-order valence-electron chi connectivity index (χ4n) is 4.40. The Morgan fingerprint density at radius 1 is 0.943 bits per heavy atom. The van der Waals surface area contributed by atoms with E-state index in [0.717, 1.165) is 21.0 Å². The molecule has 3 aromatic rings. The highest BCUT2D eigenvalue weighted by atomic mass is 32.2. The number of hydrogen-bond donors (Lipinski definition) is 1. The van der Waals surface area contributed by atoms with E-state index in [1.54, 1.807) is 31.2 Å². The van der Waals surface area contributed by atoms with Crippen molar-refractivity contribution in [2.75, 3.05) is 18.0 Å². The van der Waals surface area contributed by atoms with Crippen LogP contribution in [0.3, 0.4) is 0 Å². The minimum atomic E-state index is -3.98. The molecule has 35 heavy (non-hydrogen) atoms. The van der Waals surface area contributed by atoms with Gasteiger partial charge in [-0.3, -0.25) is 14.5 Å². The van der Waals surface area contributed by atoms with Gasteiger partial charge in [0.05, 0.1) is 11.4 Å². The van der Waals surface area contributed by atoms with E-state index in [1.807, 2.05) is 56.3 Å². The van der Waals surface area contributed by atoms with Crippen LogP contribution in [0.4, 0.5) is 5.69 Å². The number of nitrogens with one attached hydrogen (secondary N) is 1. The van der Waals surface area contributed by atoms with Crippen LogP contribution >= 0.6 is 0 Å². The third kappa shape index (κ3) is 4.72. The molecule has 1 aliphatic heterocycles. The SMILES string of the molecule is Cc1cccc(N2C(=O)CN(S(=O)(=O)c3ccccc3)C[C@@]2(C)C(=O)NCc2ccccc2)c1C. The van der Waals surface area contributed by atoms with Gasteiger partial charge in [-0.2, -0.15) is 4.31 Å². The summed E-state index contributed by atoms with van der Waals surface area (Å²) in [6.07, 6.45) is 0. The van der Waals surface area contributed by atoms with E-state index in [0.29, 0.717) is 5.69 Å². The Bertz CT molecular complexity index is 1340. The molecule has 1 saturated heterocycles. The Morgan fingerprint density at radius 2 is 1.57 bits per heavy atom. The van der Waals surface area contributed by atoms with Crippen LogP contribution in [0.5, 0.6) is 0 Å². The molecule has 0 aromatic heterocycles. The zero-order valence-corrected chi connectivity index (χ0v) is 20.9. The molecule has 1 atom stereocenters. The number of benzene rings is 3. The van der Waals surface area contributed by atoms with Crippen molar-refractivity contribution >= 4 is 27.5 Å². The molecule has 7 nitrogen and oxygen atoms in total. The Hall–Kier alpha value is -3.49. The first-order valence-corrected chi connectivity index (χ1v) is 12.9. The zero-order chi connectivity index (χ0) is 25.2. The standard InChI is InChI=1S/C27H29N3O4S/c1-20-11-10-16-24(21(20)2)30-25(31)18-29(35(33,34)23-14-8-5-9-15-23)19-27(30,3)26(32)28-17-22-12-6-4-7-13-22/h4-16H,17-19H2,1-3H3,(H,28,32)/t27-/m0/s1. The highest BCUT2D eigenvalue weighted by Gasteiger charge is 2.51. The van der Waals surface area contributed by atoms with Gasteiger partial charge in [0.1, 0.15) is 5.54 Å². The minimum absolute atomic E-state index is 0.0834. The van der Waals surface area contributed by atoms with Crippen molar-refractivity contribution in [2.24, 2.45) is 0 Å². The molecule has 0 spiro atoms. The first-order chi connectivity index (χ1) is 16.6. The minimum Gasteiger partial charge on any atom is -0.350 e. The van der Waals surface area contributed by atoms with Crippen LogP contribution in [0.25, 0.3) is 0 Å². The molecule has 8 heteroatoms. The summed E-state index contributed by atoms with van der Waals surface area (Å²) in [6, 6.07) is 23.0. The molecule has 0 aliphatic carbocycles. The van der Waals surface area contributed by atoms with Gasteiger partial charge in [0.2, 0.25) is 21.8 Å². The number of sulfonamides is 1. The summed E-state index contributed by atoms with van der Waals surface area (Å²) in [5.74, 6) is -0.884. The van der Waals surface area contributed by atoms with Gasteiger partial charge in [-0.15, -0.1) is 0 Å². The second-order valence-electron chi connectivity index (χ2n) is 8.98. The summed E-state index contributed by atoms with van der Waals surface area (Å²) in [6.45, 7) is 5.19. The van der Waals surface area contributed by atoms with Gasteiger partial charge in [-0.05, 0) is 55.7 Å².